The third-order valence-electron chi connectivity index (χ3n) is 5.59. The van der Waals surface area contributed by atoms with Gasteiger partial charge < -0.3 is 4.43 Å². The van der Waals surface area contributed by atoms with Crippen molar-refractivity contribution in [3.05, 3.63) is 0 Å². The largest absolute Gasteiger partial charge is 0.413 e. The molecule has 0 radical (unpaired) electrons. The molecule has 1 fully saturated rings. The van der Waals surface area contributed by atoms with E-state index >= 15 is 0 Å². The van der Waals surface area contributed by atoms with E-state index in [9.17, 15) is 4.79 Å². The number of ketones is 1. The van der Waals surface area contributed by atoms with Crippen LogP contribution in [0.25, 0.3) is 0 Å². The zero-order valence-electron chi connectivity index (χ0n) is 14.3. The molecule has 0 aromatic heterocycles. The van der Waals surface area contributed by atoms with Gasteiger partial charge in [-0.3, -0.25) is 4.79 Å². The van der Waals surface area contributed by atoms with Crippen molar-refractivity contribution in [3.8, 4) is 0 Å². The summed E-state index contributed by atoms with van der Waals surface area (Å²) in [4.78, 5) is 12.6. The summed E-state index contributed by atoms with van der Waals surface area (Å²) in [5.41, 5.74) is -0.201. The zero-order chi connectivity index (χ0) is 15.2. The molecule has 1 rings (SSSR count). The lowest BCUT2D eigenvalue weighted by molar-refractivity contribution is -0.132. The average Bonchev–Trinajstić information content (AvgIpc) is 2.84. The zero-order valence-corrected chi connectivity index (χ0v) is 15.3. The van der Waals surface area contributed by atoms with Crippen LogP contribution in [0.3, 0.4) is 0 Å². The maximum absolute atomic E-state index is 12.6. The second kappa shape index (κ2) is 7.74. The van der Waals surface area contributed by atoms with Gasteiger partial charge in [-0.05, 0) is 43.8 Å². The van der Waals surface area contributed by atoms with E-state index in [0.717, 1.165) is 38.5 Å². The summed E-state index contributed by atoms with van der Waals surface area (Å²) in [6, 6.07) is 3.53. The molecule has 1 saturated carbocycles. The van der Waals surface area contributed by atoms with E-state index in [1.807, 2.05) is 0 Å². The minimum atomic E-state index is -1.60. The summed E-state index contributed by atoms with van der Waals surface area (Å²) in [7, 11) is -1.60. The lowest BCUT2D eigenvalue weighted by Crippen LogP contribution is -2.46. The van der Waals surface area contributed by atoms with E-state index in [1.165, 1.54) is 18.1 Å². The van der Waals surface area contributed by atoms with Gasteiger partial charge >= 0.3 is 0 Å². The van der Waals surface area contributed by atoms with Crippen molar-refractivity contribution in [1.82, 2.24) is 0 Å². The molecule has 0 heterocycles. The molecule has 1 aliphatic rings. The number of Topliss-reactive ketones (excluding diaryl/α,β-unsaturated/α-hetero) is 1. The first kappa shape index (κ1) is 17.9. The molecular formula is C17H34O2Si. The van der Waals surface area contributed by atoms with Gasteiger partial charge in [0.05, 0.1) is 11.5 Å². The molecule has 0 saturated heterocycles. The standard InChI is InChI=1S/C17H34O2Si/c1-6-10-12-15(18)17(5)14-11-13-16(17)19-20(7-2,8-3)9-4/h16H,6-14H2,1-5H3/t16-,17-/m1/s1. The van der Waals surface area contributed by atoms with Crippen LogP contribution < -0.4 is 0 Å². The summed E-state index contributed by atoms with van der Waals surface area (Å²) in [6.07, 6.45) is 6.33. The Morgan fingerprint density at radius 2 is 1.80 bits per heavy atom. The Hall–Kier alpha value is -0.153. The quantitative estimate of drug-likeness (QED) is 0.538. The summed E-state index contributed by atoms with van der Waals surface area (Å²) >= 11 is 0. The van der Waals surface area contributed by atoms with Gasteiger partial charge in [0, 0.05) is 6.42 Å². The van der Waals surface area contributed by atoms with Gasteiger partial charge in [-0.25, -0.2) is 0 Å². The lowest BCUT2D eigenvalue weighted by atomic mass is 9.80. The lowest BCUT2D eigenvalue weighted by Gasteiger charge is -2.38. The highest BCUT2D eigenvalue weighted by Crippen LogP contribution is 2.44. The van der Waals surface area contributed by atoms with Crippen LogP contribution in [-0.2, 0) is 9.22 Å². The number of unbranched alkanes of at least 4 members (excludes halogenated alkanes) is 1. The molecule has 0 unspecified atom stereocenters. The van der Waals surface area contributed by atoms with E-state index in [2.05, 4.69) is 34.6 Å². The van der Waals surface area contributed by atoms with Crippen LogP contribution in [0.1, 0.15) is 73.1 Å². The predicted molar refractivity (Wildman–Crippen MR) is 88.6 cm³/mol. The predicted octanol–water partition coefficient (Wildman–Crippen LogP) is 5.33. The second-order valence-corrected chi connectivity index (χ2v) is 11.4. The smallest absolute Gasteiger partial charge is 0.192 e. The second-order valence-electron chi connectivity index (χ2n) is 6.69. The fourth-order valence-corrected chi connectivity index (χ4v) is 6.55. The van der Waals surface area contributed by atoms with E-state index in [0.29, 0.717) is 5.78 Å². The molecule has 0 N–H and O–H groups in total. The van der Waals surface area contributed by atoms with Crippen molar-refractivity contribution < 1.29 is 9.22 Å². The number of rotatable bonds is 9. The Kier molecular flexibility index (Phi) is 6.93. The van der Waals surface area contributed by atoms with Crippen LogP contribution >= 0.6 is 0 Å². The van der Waals surface area contributed by atoms with Crippen LogP contribution in [0.4, 0.5) is 0 Å². The van der Waals surface area contributed by atoms with Gasteiger partial charge in [0.25, 0.3) is 0 Å². The maximum Gasteiger partial charge on any atom is 0.192 e. The van der Waals surface area contributed by atoms with Gasteiger partial charge in [0.15, 0.2) is 8.32 Å². The highest BCUT2D eigenvalue weighted by Gasteiger charge is 2.47. The van der Waals surface area contributed by atoms with Crippen molar-refractivity contribution >= 4 is 14.1 Å². The Morgan fingerprint density at radius 1 is 1.20 bits per heavy atom. The van der Waals surface area contributed by atoms with Crippen molar-refractivity contribution in [1.29, 1.82) is 0 Å². The molecule has 3 heteroatoms. The minimum absolute atomic E-state index is 0.193. The SMILES string of the molecule is CCCCC(=O)[C@@]1(C)CCC[C@H]1O[Si](CC)(CC)CC. The van der Waals surface area contributed by atoms with Crippen LogP contribution in [0.15, 0.2) is 0 Å². The number of carbonyl (C=O) groups is 1. The van der Waals surface area contributed by atoms with Crippen LogP contribution in [0, 0.1) is 5.41 Å². The highest BCUT2D eigenvalue weighted by molar-refractivity contribution is 6.73. The molecule has 0 aliphatic heterocycles. The number of hydrogen-bond acceptors (Lipinski definition) is 2. The molecule has 118 valence electrons. The van der Waals surface area contributed by atoms with Crippen molar-refractivity contribution in [3.63, 3.8) is 0 Å². The van der Waals surface area contributed by atoms with Crippen LogP contribution in [0.2, 0.25) is 18.1 Å². The van der Waals surface area contributed by atoms with Crippen molar-refractivity contribution in [2.75, 3.05) is 0 Å². The van der Waals surface area contributed by atoms with Crippen molar-refractivity contribution in [2.24, 2.45) is 5.41 Å². The molecule has 0 spiro atoms. The number of carbonyl (C=O) groups excluding carboxylic acids is 1. The normalized spacial score (nSPS) is 26.9. The fraction of sp³-hybridized carbons (Fsp3) is 0.941. The minimum Gasteiger partial charge on any atom is -0.413 e. The monoisotopic (exact) mass is 298 g/mol. The summed E-state index contributed by atoms with van der Waals surface area (Å²) in [6.45, 7) is 11.1. The van der Waals surface area contributed by atoms with Gasteiger partial charge in [-0.2, -0.15) is 0 Å². The molecule has 0 aromatic rings. The molecule has 1 aliphatic carbocycles. The topological polar surface area (TPSA) is 26.3 Å². The Bertz CT molecular complexity index is 304. The molecule has 2 atom stereocenters. The van der Waals surface area contributed by atoms with Gasteiger partial charge in [0.1, 0.15) is 5.78 Å². The van der Waals surface area contributed by atoms with Crippen molar-refractivity contribution in [2.45, 2.75) is 97.4 Å². The summed E-state index contributed by atoms with van der Waals surface area (Å²) in [5, 5.41) is 0. The fourth-order valence-electron chi connectivity index (χ4n) is 3.57. The molecule has 0 amide bonds. The Morgan fingerprint density at radius 3 is 2.30 bits per heavy atom. The molecule has 2 nitrogen and oxygen atoms in total. The third kappa shape index (κ3) is 3.73. The van der Waals surface area contributed by atoms with E-state index in [-0.39, 0.29) is 11.5 Å². The van der Waals surface area contributed by atoms with Gasteiger partial charge in [-0.15, -0.1) is 0 Å². The maximum atomic E-state index is 12.6. The Labute approximate surface area is 126 Å². The Balaban J connectivity index is 2.80. The highest BCUT2D eigenvalue weighted by atomic mass is 28.4. The number of hydrogen-bond donors (Lipinski definition) is 0. The summed E-state index contributed by atoms with van der Waals surface area (Å²) < 4.78 is 6.68. The van der Waals surface area contributed by atoms with Gasteiger partial charge in [-0.1, -0.05) is 41.0 Å². The van der Waals surface area contributed by atoms with Crippen LogP contribution in [0.5, 0.6) is 0 Å². The molecule has 20 heavy (non-hydrogen) atoms. The first-order valence-electron chi connectivity index (χ1n) is 8.69. The first-order valence-corrected chi connectivity index (χ1v) is 11.2. The van der Waals surface area contributed by atoms with Crippen LogP contribution in [-0.4, -0.2) is 20.2 Å². The third-order valence-corrected chi connectivity index (χ3v) is 10.2. The van der Waals surface area contributed by atoms with Gasteiger partial charge in [0.2, 0.25) is 0 Å². The van der Waals surface area contributed by atoms with E-state index in [1.54, 1.807) is 0 Å². The summed E-state index contributed by atoms with van der Waals surface area (Å²) in [5.74, 6) is 0.452. The average molecular weight is 299 g/mol. The van der Waals surface area contributed by atoms with E-state index < -0.39 is 8.32 Å². The molecule has 0 bridgehead atoms. The van der Waals surface area contributed by atoms with E-state index in [4.69, 9.17) is 4.43 Å². The first-order chi connectivity index (χ1) is 9.48. The molecular weight excluding hydrogens is 264 g/mol. The molecule has 0 aromatic carbocycles.